The fourth-order valence-electron chi connectivity index (χ4n) is 2.83. The third-order valence-electron chi connectivity index (χ3n) is 4.45. The average Bonchev–Trinajstić information content (AvgIpc) is 3.06. The molecule has 0 aliphatic carbocycles. The Hall–Kier alpha value is -2.34. The number of aliphatic hydroxyl groups is 1. The fourth-order valence-corrected chi connectivity index (χ4v) is 2.83. The number of piperidine rings is 1. The van der Waals surface area contributed by atoms with Crippen LogP contribution in [-0.4, -0.2) is 52.4 Å². The predicted octanol–water partition coefficient (Wildman–Crippen LogP) is 1.93. The molecule has 6 nitrogen and oxygen atoms in total. The molecular formula is C17H21N3O3. The number of nitrogens with zero attached hydrogens (tertiary/aromatic N) is 2. The summed E-state index contributed by atoms with van der Waals surface area (Å²) in [6.07, 6.45) is 1.89. The largest absolute Gasteiger partial charge is 0.497 e. The van der Waals surface area contributed by atoms with Gasteiger partial charge in [-0.15, -0.1) is 0 Å². The standard InChI is InChI=1S/C17H21N3O3/c1-11-7-8-20(10-15(11)21)17(22)14-9-18-19-16(14)12-3-5-13(23-2)6-4-12/h3-6,9,11,15,21H,7-8,10H2,1-2H3,(H,18,19). The SMILES string of the molecule is COc1ccc(-c2[nH]ncc2C(=O)N2CCC(C)C(O)C2)cc1. The first-order valence-electron chi connectivity index (χ1n) is 7.75. The number of hydrogen-bond acceptors (Lipinski definition) is 4. The molecule has 2 unspecified atom stereocenters. The van der Waals surface area contributed by atoms with Crippen LogP contribution >= 0.6 is 0 Å². The summed E-state index contributed by atoms with van der Waals surface area (Å²) in [4.78, 5) is 14.5. The van der Waals surface area contributed by atoms with Crippen LogP contribution in [0.15, 0.2) is 30.5 Å². The van der Waals surface area contributed by atoms with Crippen LogP contribution in [0.2, 0.25) is 0 Å². The molecule has 0 radical (unpaired) electrons. The summed E-state index contributed by atoms with van der Waals surface area (Å²) in [5, 5.41) is 16.9. The highest BCUT2D eigenvalue weighted by atomic mass is 16.5. The first kappa shape index (κ1) is 15.6. The predicted molar refractivity (Wildman–Crippen MR) is 86.3 cm³/mol. The van der Waals surface area contributed by atoms with Crippen molar-refractivity contribution in [3.05, 3.63) is 36.0 Å². The quantitative estimate of drug-likeness (QED) is 0.907. The van der Waals surface area contributed by atoms with Crippen molar-refractivity contribution in [3.8, 4) is 17.0 Å². The topological polar surface area (TPSA) is 78.5 Å². The van der Waals surface area contributed by atoms with E-state index < -0.39 is 6.10 Å². The molecule has 1 amide bonds. The number of rotatable bonds is 3. The lowest BCUT2D eigenvalue weighted by Crippen LogP contribution is -2.45. The van der Waals surface area contributed by atoms with Gasteiger partial charge in [-0.25, -0.2) is 0 Å². The van der Waals surface area contributed by atoms with Crippen molar-refractivity contribution < 1.29 is 14.6 Å². The van der Waals surface area contributed by atoms with Crippen LogP contribution in [0.25, 0.3) is 11.3 Å². The average molecular weight is 315 g/mol. The molecule has 2 N–H and O–H groups in total. The number of aromatic amines is 1. The number of ether oxygens (including phenoxy) is 1. The van der Waals surface area contributed by atoms with Crippen LogP contribution in [0.3, 0.4) is 0 Å². The molecule has 1 aliphatic heterocycles. The Morgan fingerprint density at radius 1 is 1.39 bits per heavy atom. The molecule has 1 aromatic carbocycles. The van der Waals surface area contributed by atoms with Crippen LogP contribution in [0, 0.1) is 5.92 Å². The third kappa shape index (κ3) is 3.07. The zero-order valence-electron chi connectivity index (χ0n) is 13.3. The molecule has 0 bridgehead atoms. The van der Waals surface area contributed by atoms with Crippen molar-refractivity contribution in [2.75, 3.05) is 20.2 Å². The van der Waals surface area contributed by atoms with Crippen molar-refractivity contribution in [1.82, 2.24) is 15.1 Å². The number of methoxy groups -OCH3 is 1. The molecule has 122 valence electrons. The Balaban J connectivity index is 1.83. The fraction of sp³-hybridized carbons (Fsp3) is 0.412. The van der Waals surface area contributed by atoms with E-state index in [1.54, 1.807) is 18.2 Å². The summed E-state index contributed by atoms with van der Waals surface area (Å²) < 4.78 is 5.15. The minimum atomic E-state index is -0.468. The smallest absolute Gasteiger partial charge is 0.257 e. The highest BCUT2D eigenvalue weighted by Gasteiger charge is 2.29. The molecule has 23 heavy (non-hydrogen) atoms. The van der Waals surface area contributed by atoms with Gasteiger partial charge in [-0.2, -0.15) is 5.10 Å². The minimum absolute atomic E-state index is 0.101. The number of β-amino-alcohol motifs (C(OH)–C–C–N with tert-alkyl or cyclic N) is 1. The normalized spacial score (nSPS) is 21.3. The molecule has 1 saturated heterocycles. The zero-order valence-corrected chi connectivity index (χ0v) is 13.3. The van der Waals surface area contributed by atoms with E-state index in [-0.39, 0.29) is 11.8 Å². The second-order valence-corrected chi connectivity index (χ2v) is 5.97. The number of likely N-dealkylation sites (tertiary alicyclic amines) is 1. The summed E-state index contributed by atoms with van der Waals surface area (Å²) in [7, 11) is 1.61. The van der Waals surface area contributed by atoms with Gasteiger partial charge in [-0.1, -0.05) is 6.92 Å². The van der Waals surface area contributed by atoms with Gasteiger partial charge in [0, 0.05) is 18.7 Å². The number of hydrogen-bond donors (Lipinski definition) is 2. The zero-order chi connectivity index (χ0) is 16.4. The van der Waals surface area contributed by atoms with E-state index >= 15 is 0 Å². The summed E-state index contributed by atoms with van der Waals surface area (Å²) in [5.41, 5.74) is 2.08. The summed E-state index contributed by atoms with van der Waals surface area (Å²) in [6, 6.07) is 7.46. The number of carbonyl (C=O) groups excluding carboxylic acids is 1. The maximum atomic E-state index is 12.8. The highest BCUT2D eigenvalue weighted by molar-refractivity contribution is 5.99. The van der Waals surface area contributed by atoms with Crippen molar-refractivity contribution in [3.63, 3.8) is 0 Å². The molecule has 0 spiro atoms. The second kappa shape index (κ2) is 6.42. The van der Waals surface area contributed by atoms with Crippen LogP contribution in [0.5, 0.6) is 5.75 Å². The number of amides is 1. The molecule has 0 saturated carbocycles. The summed E-state index contributed by atoms with van der Waals surface area (Å²) in [6.45, 7) is 3.03. The van der Waals surface area contributed by atoms with Gasteiger partial charge in [-0.3, -0.25) is 9.89 Å². The molecular weight excluding hydrogens is 294 g/mol. The van der Waals surface area contributed by atoms with Crippen LogP contribution in [0.4, 0.5) is 0 Å². The Morgan fingerprint density at radius 3 is 2.78 bits per heavy atom. The third-order valence-corrected chi connectivity index (χ3v) is 4.45. The van der Waals surface area contributed by atoms with Gasteiger partial charge in [0.05, 0.1) is 30.7 Å². The van der Waals surface area contributed by atoms with Gasteiger partial charge in [0.25, 0.3) is 5.91 Å². The van der Waals surface area contributed by atoms with Crippen molar-refractivity contribution >= 4 is 5.91 Å². The number of aliphatic hydroxyl groups excluding tert-OH is 1. The molecule has 1 aliphatic rings. The Bertz CT molecular complexity index is 681. The summed E-state index contributed by atoms with van der Waals surface area (Å²) >= 11 is 0. The number of benzene rings is 1. The Morgan fingerprint density at radius 2 is 2.13 bits per heavy atom. The van der Waals surface area contributed by atoms with Crippen molar-refractivity contribution in [2.45, 2.75) is 19.4 Å². The van der Waals surface area contributed by atoms with Crippen molar-refractivity contribution in [1.29, 1.82) is 0 Å². The number of aromatic nitrogens is 2. The van der Waals surface area contributed by atoms with Crippen LogP contribution in [0.1, 0.15) is 23.7 Å². The van der Waals surface area contributed by atoms with E-state index in [1.165, 1.54) is 0 Å². The van der Waals surface area contributed by atoms with E-state index in [2.05, 4.69) is 10.2 Å². The van der Waals surface area contributed by atoms with Crippen LogP contribution in [-0.2, 0) is 0 Å². The molecule has 1 fully saturated rings. The maximum Gasteiger partial charge on any atom is 0.257 e. The van der Waals surface area contributed by atoms with E-state index in [0.717, 1.165) is 17.7 Å². The second-order valence-electron chi connectivity index (χ2n) is 5.97. The Labute approximate surface area is 135 Å². The number of H-pyrrole nitrogens is 1. The van der Waals surface area contributed by atoms with E-state index in [1.807, 2.05) is 31.2 Å². The van der Waals surface area contributed by atoms with Crippen LogP contribution < -0.4 is 4.74 Å². The molecule has 6 heteroatoms. The van der Waals surface area contributed by atoms with Gasteiger partial charge in [0.2, 0.25) is 0 Å². The number of nitrogens with one attached hydrogen (secondary N) is 1. The molecule has 2 atom stereocenters. The summed E-state index contributed by atoms with van der Waals surface area (Å²) in [5.74, 6) is 0.884. The molecule has 2 aromatic rings. The van der Waals surface area contributed by atoms with E-state index in [4.69, 9.17) is 4.74 Å². The highest BCUT2D eigenvalue weighted by Crippen LogP contribution is 2.26. The monoisotopic (exact) mass is 315 g/mol. The first-order valence-corrected chi connectivity index (χ1v) is 7.75. The molecule has 1 aromatic heterocycles. The Kier molecular flexibility index (Phi) is 4.34. The van der Waals surface area contributed by atoms with Gasteiger partial charge in [0.1, 0.15) is 5.75 Å². The lowest BCUT2D eigenvalue weighted by atomic mass is 9.95. The van der Waals surface area contributed by atoms with E-state index in [0.29, 0.717) is 24.3 Å². The lowest BCUT2D eigenvalue weighted by Gasteiger charge is -2.34. The van der Waals surface area contributed by atoms with Gasteiger partial charge in [-0.05, 0) is 36.6 Å². The van der Waals surface area contributed by atoms with E-state index in [9.17, 15) is 9.90 Å². The maximum absolute atomic E-state index is 12.8. The molecule has 2 heterocycles. The minimum Gasteiger partial charge on any atom is -0.497 e. The van der Waals surface area contributed by atoms with Gasteiger partial charge in [0.15, 0.2) is 0 Å². The van der Waals surface area contributed by atoms with Gasteiger partial charge < -0.3 is 14.7 Å². The number of carbonyl (C=O) groups is 1. The lowest BCUT2D eigenvalue weighted by molar-refractivity contribution is 0.0249. The first-order chi connectivity index (χ1) is 11.1. The van der Waals surface area contributed by atoms with Gasteiger partial charge >= 0.3 is 0 Å². The van der Waals surface area contributed by atoms with Crippen molar-refractivity contribution in [2.24, 2.45) is 5.92 Å². The molecule has 3 rings (SSSR count).